The maximum Gasteiger partial charge on any atom is 0.310 e. The average molecular weight is 208 g/mol. The van der Waals surface area contributed by atoms with E-state index in [0.717, 1.165) is 0 Å². The predicted octanol–water partition coefficient (Wildman–Crippen LogP) is 0.582. The van der Waals surface area contributed by atoms with Crippen LogP contribution in [0, 0.1) is 0 Å². The van der Waals surface area contributed by atoms with Crippen molar-refractivity contribution in [2.45, 2.75) is 13.3 Å². The second kappa shape index (κ2) is 5.09. The van der Waals surface area contributed by atoms with Crippen molar-refractivity contribution in [3.05, 3.63) is 23.5 Å². The molecule has 5 nitrogen and oxygen atoms in total. The molecule has 2 N–H and O–H groups in total. The molecule has 0 bridgehead atoms. The second-order valence-electron chi connectivity index (χ2n) is 2.87. The van der Waals surface area contributed by atoms with Crippen LogP contribution in [0.15, 0.2) is 12.3 Å². The van der Waals surface area contributed by atoms with E-state index >= 15 is 0 Å². The van der Waals surface area contributed by atoms with Crippen molar-refractivity contribution in [1.29, 1.82) is 0 Å². The highest BCUT2D eigenvalue weighted by molar-refractivity contribution is 5.84. The molecule has 0 aliphatic carbocycles. The zero-order valence-corrected chi connectivity index (χ0v) is 8.40. The van der Waals surface area contributed by atoms with E-state index in [1.807, 2.05) is 0 Å². The van der Waals surface area contributed by atoms with E-state index in [4.69, 9.17) is 10.5 Å². The lowest BCUT2D eigenvalue weighted by Crippen LogP contribution is -2.10. The van der Waals surface area contributed by atoms with Gasteiger partial charge in [0.2, 0.25) is 0 Å². The van der Waals surface area contributed by atoms with E-state index in [2.05, 4.69) is 4.98 Å². The quantitative estimate of drug-likeness (QED) is 0.578. The predicted molar refractivity (Wildman–Crippen MR) is 54.4 cm³/mol. The van der Waals surface area contributed by atoms with Gasteiger partial charge >= 0.3 is 5.97 Å². The van der Waals surface area contributed by atoms with Crippen LogP contribution in [-0.2, 0) is 16.0 Å². The van der Waals surface area contributed by atoms with Gasteiger partial charge in [-0.15, -0.1) is 0 Å². The first-order valence-corrected chi connectivity index (χ1v) is 4.53. The zero-order chi connectivity index (χ0) is 11.3. The fourth-order valence-electron chi connectivity index (χ4n) is 1.15. The number of aromatic nitrogens is 1. The molecular formula is C10H12N2O3. The Morgan fingerprint density at radius 3 is 3.00 bits per heavy atom. The number of carbonyl (C=O) groups is 2. The number of aldehydes is 1. The number of pyridine rings is 1. The third-order valence-corrected chi connectivity index (χ3v) is 1.86. The van der Waals surface area contributed by atoms with E-state index in [1.54, 1.807) is 13.0 Å². The van der Waals surface area contributed by atoms with E-state index in [-0.39, 0.29) is 23.8 Å². The summed E-state index contributed by atoms with van der Waals surface area (Å²) in [7, 11) is 0. The summed E-state index contributed by atoms with van der Waals surface area (Å²) in [5.41, 5.74) is 6.58. The number of nitrogens with zero attached hydrogens (tertiary/aromatic N) is 1. The lowest BCUT2D eigenvalue weighted by molar-refractivity contribution is -0.142. The van der Waals surface area contributed by atoms with Crippen molar-refractivity contribution >= 4 is 17.9 Å². The monoisotopic (exact) mass is 208 g/mol. The number of rotatable bonds is 4. The number of esters is 1. The largest absolute Gasteiger partial charge is 0.466 e. The van der Waals surface area contributed by atoms with E-state index in [9.17, 15) is 9.59 Å². The normalized spacial score (nSPS) is 9.67. The highest BCUT2D eigenvalue weighted by Crippen LogP contribution is 2.14. The Hall–Kier alpha value is -1.91. The number of ether oxygens (including phenoxy) is 1. The Balaban J connectivity index is 2.85. The maximum absolute atomic E-state index is 11.2. The summed E-state index contributed by atoms with van der Waals surface area (Å²) >= 11 is 0. The van der Waals surface area contributed by atoms with Crippen LogP contribution < -0.4 is 5.73 Å². The van der Waals surface area contributed by atoms with Crippen LogP contribution in [0.3, 0.4) is 0 Å². The highest BCUT2D eigenvalue weighted by Gasteiger charge is 2.10. The number of nitrogen functional groups attached to an aromatic ring is 1. The molecule has 80 valence electrons. The van der Waals surface area contributed by atoms with Gasteiger partial charge in [-0.3, -0.25) is 14.6 Å². The summed E-state index contributed by atoms with van der Waals surface area (Å²) < 4.78 is 4.77. The lowest BCUT2D eigenvalue weighted by Gasteiger charge is -2.06. The van der Waals surface area contributed by atoms with Gasteiger partial charge in [0.15, 0.2) is 6.29 Å². The van der Waals surface area contributed by atoms with Crippen LogP contribution in [0.25, 0.3) is 0 Å². The molecule has 1 heterocycles. The third kappa shape index (κ3) is 2.77. The van der Waals surface area contributed by atoms with E-state index in [0.29, 0.717) is 18.5 Å². The van der Waals surface area contributed by atoms with E-state index < -0.39 is 0 Å². The highest BCUT2D eigenvalue weighted by atomic mass is 16.5. The Bertz CT molecular complexity index is 377. The van der Waals surface area contributed by atoms with Gasteiger partial charge < -0.3 is 10.5 Å². The molecule has 0 aliphatic rings. The number of nitrogens with two attached hydrogens (primary N) is 1. The summed E-state index contributed by atoms with van der Waals surface area (Å²) in [5, 5.41) is 0. The Morgan fingerprint density at radius 1 is 1.67 bits per heavy atom. The molecule has 1 aromatic rings. The average Bonchev–Trinajstić information content (AvgIpc) is 2.21. The summed E-state index contributed by atoms with van der Waals surface area (Å²) in [6.45, 7) is 2.05. The topological polar surface area (TPSA) is 82.3 Å². The molecular weight excluding hydrogens is 196 g/mol. The van der Waals surface area contributed by atoms with Gasteiger partial charge in [0.1, 0.15) is 5.69 Å². The van der Waals surface area contributed by atoms with Gasteiger partial charge in [-0.2, -0.15) is 0 Å². The molecule has 0 saturated carbocycles. The smallest absolute Gasteiger partial charge is 0.310 e. The number of hydrogen-bond donors (Lipinski definition) is 1. The van der Waals surface area contributed by atoms with E-state index in [1.165, 1.54) is 6.20 Å². The number of anilines is 1. The van der Waals surface area contributed by atoms with Gasteiger partial charge in [0.25, 0.3) is 0 Å². The molecule has 0 unspecified atom stereocenters. The van der Waals surface area contributed by atoms with Crippen molar-refractivity contribution in [1.82, 2.24) is 4.98 Å². The first-order valence-electron chi connectivity index (χ1n) is 4.53. The summed E-state index contributed by atoms with van der Waals surface area (Å²) in [6, 6.07) is 1.60. The molecule has 0 aliphatic heterocycles. The zero-order valence-electron chi connectivity index (χ0n) is 8.40. The van der Waals surface area contributed by atoms with Gasteiger partial charge in [0, 0.05) is 6.20 Å². The van der Waals surface area contributed by atoms with Crippen molar-refractivity contribution in [3.8, 4) is 0 Å². The minimum Gasteiger partial charge on any atom is -0.466 e. The molecule has 0 saturated heterocycles. The second-order valence-corrected chi connectivity index (χ2v) is 2.87. The molecule has 0 spiro atoms. The van der Waals surface area contributed by atoms with Crippen LogP contribution >= 0.6 is 0 Å². The van der Waals surface area contributed by atoms with Gasteiger partial charge in [-0.05, 0) is 18.6 Å². The molecule has 15 heavy (non-hydrogen) atoms. The van der Waals surface area contributed by atoms with Gasteiger partial charge in [-0.25, -0.2) is 0 Å². The first-order chi connectivity index (χ1) is 7.19. The summed E-state index contributed by atoms with van der Waals surface area (Å²) in [4.78, 5) is 25.5. The lowest BCUT2D eigenvalue weighted by atomic mass is 10.1. The van der Waals surface area contributed by atoms with Crippen LogP contribution in [0.1, 0.15) is 23.0 Å². The van der Waals surface area contributed by atoms with Crippen LogP contribution in [-0.4, -0.2) is 23.8 Å². The third-order valence-electron chi connectivity index (χ3n) is 1.86. The fourth-order valence-corrected chi connectivity index (χ4v) is 1.15. The molecule has 0 atom stereocenters. The first kappa shape index (κ1) is 11.2. The van der Waals surface area contributed by atoms with Gasteiger partial charge in [0.05, 0.1) is 18.7 Å². The SMILES string of the molecule is CCOC(=O)Cc1ccnc(C=O)c1N. The molecule has 0 amide bonds. The molecule has 5 heteroatoms. The minimum atomic E-state index is -0.368. The molecule has 0 fully saturated rings. The summed E-state index contributed by atoms with van der Waals surface area (Å²) in [6.07, 6.45) is 2.06. The molecule has 0 aromatic carbocycles. The van der Waals surface area contributed by atoms with Crippen molar-refractivity contribution in [2.75, 3.05) is 12.3 Å². The Morgan fingerprint density at radius 2 is 2.40 bits per heavy atom. The minimum absolute atomic E-state index is 0.0586. The standard InChI is InChI=1S/C10H12N2O3/c1-2-15-9(14)5-7-3-4-12-8(6-13)10(7)11/h3-4,6H,2,5,11H2,1H3. The fraction of sp³-hybridized carbons (Fsp3) is 0.300. The maximum atomic E-state index is 11.2. The van der Waals surface area contributed by atoms with Crippen LogP contribution in [0.4, 0.5) is 5.69 Å². The Labute approximate surface area is 87.3 Å². The molecule has 1 aromatic heterocycles. The van der Waals surface area contributed by atoms with Crippen molar-refractivity contribution in [2.24, 2.45) is 0 Å². The molecule has 0 radical (unpaired) electrons. The summed E-state index contributed by atoms with van der Waals surface area (Å²) in [5.74, 6) is -0.368. The van der Waals surface area contributed by atoms with Crippen molar-refractivity contribution < 1.29 is 14.3 Å². The van der Waals surface area contributed by atoms with Crippen LogP contribution in [0.2, 0.25) is 0 Å². The van der Waals surface area contributed by atoms with Crippen LogP contribution in [0.5, 0.6) is 0 Å². The van der Waals surface area contributed by atoms with Gasteiger partial charge in [-0.1, -0.05) is 0 Å². The number of hydrogen-bond acceptors (Lipinski definition) is 5. The molecule has 1 rings (SSSR count). The van der Waals surface area contributed by atoms with Crippen molar-refractivity contribution in [3.63, 3.8) is 0 Å². The Kier molecular flexibility index (Phi) is 3.79. The number of carbonyl (C=O) groups excluding carboxylic acids is 2.